The molecule has 1 atom stereocenters. The van der Waals surface area contributed by atoms with Gasteiger partial charge in [0.1, 0.15) is 18.0 Å². The van der Waals surface area contributed by atoms with Crippen LogP contribution in [0.15, 0.2) is 36.7 Å². The smallest absolute Gasteiger partial charge is 0.414 e. The lowest BCUT2D eigenvalue weighted by Gasteiger charge is -2.14. The van der Waals surface area contributed by atoms with Crippen molar-refractivity contribution in [1.82, 2.24) is 10.3 Å². The van der Waals surface area contributed by atoms with Gasteiger partial charge in [-0.2, -0.15) is 5.26 Å². The van der Waals surface area contributed by atoms with E-state index in [1.165, 1.54) is 24.1 Å². The molecular weight excluding hydrogens is 443 g/mol. The molecule has 1 saturated heterocycles. The number of nitriles is 1. The molecule has 0 aliphatic carbocycles. The Labute approximate surface area is 174 Å². The number of hydrogen-bond acceptors (Lipinski definition) is 5. The number of halogens is 2. The van der Waals surface area contributed by atoms with E-state index in [1.807, 2.05) is 6.07 Å². The van der Waals surface area contributed by atoms with Crippen LogP contribution in [-0.2, 0) is 9.53 Å². The van der Waals surface area contributed by atoms with Crippen molar-refractivity contribution in [3.8, 4) is 6.07 Å². The molecule has 1 aliphatic heterocycles. The highest BCUT2D eigenvalue weighted by molar-refractivity contribution is 9.15. The van der Waals surface area contributed by atoms with Crippen LogP contribution in [0.2, 0.25) is 0 Å². The minimum atomic E-state index is -0.594. The number of rotatable bonds is 5. The number of nitrogens with zero attached hydrogens (tertiary/aromatic N) is 3. The van der Waals surface area contributed by atoms with Crippen LogP contribution in [0.5, 0.6) is 0 Å². The van der Waals surface area contributed by atoms with Crippen LogP contribution in [0, 0.1) is 17.1 Å². The van der Waals surface area contributed by atoms with Gasteiger partial charge in [0.15, 0.2) is 0 Å². The van der Waals surface area contributed by atoms with Crippen LogP contribution < -0.4 is 10.2 Å². The van der Waals surface area contributed by atoms with Crippen molar-refractivity contribution in [2.75, 3.05) is 18.0 Å². The first kappa shape index (κ1) is 20.5. The largest absolute Gasteiger partial charge is 0.442 e. The molecule has 0 unspecified atom stereocenters. The van der Waals surface area contributed by atoms with Gasteiger partial charge in [-0.3, -0.25) is 14.7 Å². The number of anilines is 1. The monoisotopic (exact) mass is 458 g/mol. The zero-order chi connectivity index (χ0) is 21.0. The number of aromatic nitrogens is 1. The van der Waals surface area contributed by atoms with Crippen molar-refractivity contribution in [3.63, 3.8) is 0 Å². The van der Waals surface area contributed by atoms with E-state index in [2.05, 4.69) is 26.2 Å². The third-order valence-corrected chi connectivity index (χ3v) is 4.86. The maximum Gasteiger partial charge on any atom is 0.414 e. The van der Waals surface area contributed by atoms with Gasteiger partial charge in [-0.15, -0.1) is 0 Å². The Kier molecular flexibility index (Phi) is 6.24. The van der Waals surface area contributed by atoms with E-state index in [-0.39, 0.29) is 19.0 Å². The number of ether oxygens (including phenoxy) is 1. The van der Waals surface area contributed by atoms with Crippen LogP contribution in [-0.4, -0.2) is 36.2 Å². The number of cyclic esters (lactones) is 1. The standard InChI is InChI=1S/C20H16BrFN4O3/c1-12(27)25-10-17-11-26(20(28)29-17)16-3-2-14(19(22)6-16)5-18(21)15-4-13(7-23)8-24-9-15/h2-6,8-9,17H,10-11H2,1H3,(H,25,27)/t17-/m0/s1. The number of pyridine rings is 1. The molecule has 2 heterocycles. The molecule has 0 spiro atoms. The second-order valence-electron chi connectivity index (χ2n) is 6.33. The molecule has 29 heavy (non-hydrogen) atoms. The van der Waals surface area contributed by atoms with E-state index in [0.29, 0.717) is 26.9 Å². The molecule has 0 radical (unpaired) electrons. The fourth-order valence-electron chi connectivity index (χ4n) is 2.75. The number of nitrogens with one attached hydrogen (secondary N) is 1. The summed E-state index contributed by atoms with van der Waals surface area (Å²) in [7, 11) is 0. The second-order valence-corrected chi connectivity index (χ2v) is 7.18. The van der Waals surface area contributed by atoms with Crippen molar-refractivity contribution < 1.29 is 18.7 Å². The Hall–Kier alpha value is -3.25. The Bertz CT molecular complexity index is 1030. The predicted molar refractivity (Wildman–Crippen MR) is 108 cm³/mol. The molecule has 2 amide bonds. The van der Waals surface area contributed by atoms with Crippen molar-refractivity contribution in [2.45, 2.75) is 13.0 Å². The average molecular weight is 459 g/mol. The maximum atomic E-state index is 14.6. The van der Waals surface area contributed by atoms with Gasteiger partial charge in [0.25, 0.3) is 0 Å². The highest BCUT2D eigenvalue weighted by atomic mass is 79.9. The van der Waals surface area contributed by atoms with E-state index in [0.717, 1.165) is 0 Å². The minimum absolute atomic E-state index is 0.198. The molecule has 9 heteroatoms. The molecule has 7 nitrogen and oxygen atoms in total. The molecule has 0 bridgehead atoms. The predicted octanol–water partition coefficient (Wildman–Crippen LogP) is 3.45. The Balaban J connectivity index is 1.77. The van der Waals surface area contributed by atoms with Crippen LogP contribution in [0.4, 0.5) is 14.9 Å². The number of carbonyl (C=O) groups excluding carboxylic acids is 2. The highest BCUT2D eigenvalue weighted by Gasteiger charge is 2.32. The Morgan fingerprint density at radius 3 is 2.97 bits per heavy atom. The third kappa shape index (κ3) is 4.97. The summed E-state index contributed by atoms with van der Waals surface area (Å²) in [6, 6.07) is 8.04. The Morgan fingerprint density at radius 2 is 2.28 bits per heavy atom. The summed E-state index contributed by atoms with van der Waals surface area (Å²) in [6.07, 6.45) is 3.47. The first-order valence-corrected chi connectivity index (χ1v) is 9.41. The van der Waals surface area contributed by atoms with E-state index < -0.39 is 18.0 Å². The SMILES string of the molecule is CC(=O)NC[C@H]1CN(c2ccc(C=C(Br)c3cncc(C#N)c3)c(F)c2)C(=O)O1. The summed E-state index contributed by atoms with van der Waals surface area (Å²) in [5, 5.41) is 11.6. The molecule has 1 N–H and O–H groups in total. The second kappa shape index (κ2) is 8.84. The summed E-state index contributed by atoms with van der Waals surface area (Å²) in [5.74, 6) is -0.746. The van der Waals surface area contributed by atoms with Crippen molar-refractivity contribution in [3.05, 3.63) is 59.2 Å². The number of benzene rings is 1. The summed E-state index contributed by atoms with van der Waals surface area (Å²) in [6.45, 7) is 1.79. The molecule has 1 aromatic carbocycles. The summed E-state index contributed by atoms with van der Waals surface area (Å²) in [4.78, 5) is 28.4. The average Bonchev–Trinajstić information content (AvgIpc) is 3.08. The molecule has 0 saturated carbocycles. The molecule has 1 aliphatic rings. The van der Waals surface area contributed by atoms with Gasteiger partial charge in [-0.25, -0.2) is 9.18 Å². The summed E-state index contributed by atoms with van der Waals surface area (Å²) < 4.78 is 20.4. The Morgan fingerprint density at radius 1 is 1.48 bits per heavy atom. The van der Waals surface area contributed by atoms with Crippen molar-refractivity contribution in [2.24, 2.45) is 0 Å². The highest BCUT2D eigenvalue weighted by Crippen LogP contribution is 2.28. The molecule has 1 aromatic heterocycles. The van der Waals surface area contributed by atoms with Gasteiger partial charge < -0.3 is 10.1 Å². The minimum Gasteiger partial charge on any atom is -0.442 e. The molecule has 3 rings (SSSR count). The van der Waals surface area contributed by atoms with Crippen LogP contribution >= 0.6 is 15.9 Å². The topological polar surface area (TPSA) is 95.3 Å². The van der Waals surface area contributed by atoms with Gasteiger partial charge >= 0.3 is 6.09 Å². The fourth-order valence-corrected chi connectivity index (χ4v) is 3.21. The fraction of sp³-hybridized carbons (Fsp3) is 0.200. The van der Waals surface area contributed by atoms with Crippen LogP contribution in [0.1, 0.15) is 23.6 Å². The van der Waals surface area contributed by atoms with E-state index in [9.17, 15) is 14.0 Å². The zero-order valence-electron chi connectivity index (χ0n) is 15.4. The molecule has 2 aromatic rings. The van der Waals surface area contributed by atoms with E-state index in [4.69, 9.17) is 10.00 Å². The van der Waals surface area contributed by atoms with Crippen molar-refractivity contribution >= 4 is 44.2 Å². The lowest BCUT2D eigenvalue weighted by atomic mass is 10.1. The van der Waals surface area contributed by atoms with Crippen molar-refractivity contribution in [1.29, 1.82) is 5.26 Å². The van der Waals surface area contributed by atoms with Crippen LogP contribution in [0.3, 0.4) is 0 Å². The zero-order valence-corrected chi connectivity index (χ0v) is 16.9. The first-order chi connectivity index (χ1) is 13.9. The van der Waals surface area contributed by atoms with E-state index in [1.54, 1.807) is 30.5 Å². The normalized spacial score (nSPS) is 16.3. The van der Waals surface area contributed by atoms with Gasteiger partial charge in [0, 0.05) is 34.9 Å². The third-order valence-electron chi connectivity index (χ3n) is 4.17. The quantitative estimate of drug-likeness (QED) is 0.739. The van der Waals surface area contributed by atoms with Gasteiger partial charge in [-0.1, -0.05) is 15.9 Å². The van der Waals surface area contributed by atoms with Crippen LogP contribution in [0.25, 0.3) is 10.6 Å². The molecular formula is C20H16BrFN4O3. The molecule has 148 valence electrons. The summed E-state index contributed by atoms with van der Waals surface area (Å²) >= 11 is 3.38. The maximum absolute atomic E-state index is 14.6. The molecule has 1 fully saturated rings. The first-order valence-electron chi connectivity index (χ1n) is 8.62. The lowest BCUT2D eigenvalue weighted by molar-refractivity contribution is -0.119. The van der Waals surface area contributed by atoms with Gasteiger partial charge in [0.05, 0.1) is 24.3 Å². The number of amides is 2. The number of carbonyl (C=O) groups is 2. The lowest BCUT2D eigenvalue weighted by Crippen LogP contribution is -2.33. The van der Waals surface area contributed by atoms with Gasteiger partial charge in [-0.05, 0) is 30.3 Å². The van der Waals surface area contributed by atoms with E-state index >= 15 is 0 Å². The van der Waals surface area contributed by atoms with Gasteiger partial charge in [0.2, 0.25) is 5.91 Å². The summed E-state index contributed by atoms with van der Waals surface area (Å²) in [5.41, 5.74) is 1.69. The number of hydrogen-bond donors (Lipinski definition) is 1.